The molecular weight excluding hydrogens is 796 g/mol. The third-order valence-corrected chi connectivity index (χ3v) is 18.1. The predicted octanol–water partition coefficient (Wildman–Crippen LogP) is 2.13. The van der Waals surface area contributed by atoms with E-state index in [2.05, 4.69) is 27.7 Å². The molecule has 4 heterocycles. The molecule has 6 N–H and O–H groups in total. The maximum Gasteiger partial charge on any atom is 0.303 e. The van der Waals surface area contributed by atoms with E-state index in [0.717, 1.165) is 25.7 Å². The summed E-state index contributed by atoms with van der Waals surface area (Å²) in [5, 5.41) is 66.1. The van der Waals surface area contributed by atoms with Crippen LogP contribution in [0.4, 0.5) is 0 Å². The van der Waals surface area contributed by atoms with Gasteiger partial charge in [0.25, 0.3) is 0 Å². The third-order valence-electron chi connectivity index (χ3n) is 18.1. The number of rotatable bonds is 12. The van der Waals surface area contributed by atoms with E-state index in [1.165, 1.54) is 13.8 Å². The lowest BCUT2D eigenvalue weighted by Crippen LogP contribution is -2.65. The molecule has 16 heteroatoms. The van der Waals surface area contributed by atoms with Crippen molar-refractivity contribution >= 4 is 11.9 Å². The van der Waals surface area contributed by atoms with Crippen LogP contribution in [0.2, 0.25) is 0 Å². The molecule has 2 bridgehead atoms. The van der Waals surface area contributed by atoms with Gasteiger partial charge in [-0.2, -0.15) is 0 Å². The Labute approximate surface area is 359 Å². The summed E-state index contributed by atoms with van der Waals surface area (Å²) in [5.74, 6) is -1.29. The summed E-state index contributed by atoms with van der Waals surface area (Å²) in [4.78, 5) is 24.5. The molecule has 61 heavy (non-hydrogen) atoms. The molecule has 5 saturated carbocycles. The molecule has 2 spiro atoms. The summed E-state index contributed by atoms with van der Waals surface area (Å²) in [5.41, 5.74) is -2.41. The fraction of sp³-hybridized carbons (Fsp3) is 0.956. The molecule has 0 aromatic rings. The molecule has 15 unspecified atom stereocenters. The monoisotopic (exact) mass is 868 g/mol. The van der Waals surface area contributed by atoms with Crippen LogP contribution in [0.5, 0.6) is 0 Å². The van der Waals surface area contributed by atoms with Crippen molar-refractivity contribution in [3.05, 3.63) is 0 Å². The van der Waals surface area contributed by atoms with Crippen LogP contribution in [-0.4, -0.2) is 154 Å². The van der Waals surface area contributed by atoms with Gasteiger partial charge in [-0.25, -0.2) is 0 Å². The summed E-state index contributed by atoms with van der Waals surface area (Å²) >= 11 is 0. The Hall–Kier alpha value is -1.54. The van der Waals surface area contributed by atoms with Crippen LogP contribution in [0.15, 0.2) is 0 Å². The van der Waals surface area contributed by atoms with Crippen molar-refractivity contribution in [2.45, 2.75) is 205 Å². The summed E-state index contributed by atoms with van der Waals surface area (Å²) in [6.07, 6.45) is -6.04. The van der Waals surface area contributed by atoms with Crippen molar-refractivity contribution < 1.29 is 78.1 Å². The average Bonchev–Trinajstić information content (AvgIpc) is 3.82. The highest BCUT2D eigenvalue weighted by molar-refractivity contribution is 5.67. The number of carbonyl (C=O) groups is 2. The zero-order chi connectivity index (χ0) is 44.4. The van der Waals surface area contributed by atoms with Gasteiger partial charge in [0, 0.05) is 21.0 Å². The van der Waals surface area contributed by atoms with E-state index in [4.69, 9.17) is 37.9 Å². The van der Waals surface area contributed by atoms with Crippen LogP contribution >= 0.6 is 0 Å². The maximum atomic E-state index is 12.4. The van der Waals surface area contributed by atoms with Gasteiger partial charge >= 0.3 is 11.9 Å². The number of ether oxygens (including phenoxy) is 8. The number of hydrogen-bond donors (Lipinski definition) is 6. The maximum absolute atomic E-state index is 12.4. The number of aliphatic hydroxyl groups excluding tert-OH is 5. The van der Waals surface area contributed by atoms with E-state index >= 15 is 0 Å². The first-order valence-electron chi connectivity index (χ1n) is 22.7. The number of esters is 2. The molecule has 0 radical (unpaired) electrons. The van der Waals surface area contributed by atoms with Crippen LogP contribution < -0.4 is 0 Å². The van der Waals surface area contributed by atoms with Crippen molar-refractivity contribution in [2.75, 3.05) is 20.3 Å². The van der Waals surface area contributed by atoms with E-state index in [1.807, 2.05) is 0 Å². The molecule has 21 atom stereocenters. The van der Waals surface area contributed by atoms with Gasteiger partial charge in [0.1, 0.15) is 36.6 Å². The molecule has 5 aliphatic carbocycles. The van der Waals surface area contributed by atoms with Crippen LogP contribution in [0, 0.1) is 44.8 Å². The highest BCUT2D eigenvalue weighted by Crippen LogP contribution is 2.89. The summed E-state index contributed by atoms with van der Waals surface area (Å²) in [6, 6.07) is 0. The van der Waals surface area contributed by atoms with Crippen molar-refractivity contribution in [1.29, 1.82) is 0 Å². The number of aliphatic hydroxyl groups is 6. The van der Waals surface area contributed by atoms with Gasteiger partial charge in [0.05, 0.1) is 43.2 Å². The Balaban J connectivity index is 1.13. The Morgan fingerprint density at radius 2 is 1.52 bits per heavy atom. The molecule has 16 nitrogen and oxygen atoms in total. The molecule has 9 fully saturated rings. The van der Waals surface area contributed by atoms with Gasteiger partial charge in [-0.1, -0.05) is 27.7 Å². The van der Waals surface area contributed by atoms with Gasteiger partial charge in [0.2, 0.25) is 0 Å². The molecule has 0 amide bonds. The van der Waals surface area contributed by atoms with Crippen LogP contribution in [0.25, 0.3) is 0 Å². The zero-order valence-electron chi connectivity index (χ0n) is 37.4. The van der Waals surface area contributed by atoms with E-state index in [9.17, 15) is 40.2 Å². The molecule has 0 aromatic carbocycles. The van der Waals surface area contributed by atoms with Crippen molar-refractivity contribution in [3.63, 3.8) is 0 Å². The first-order chi connectivity index (χ1) is 28.5. The van der Waals surface area contributed by atoms with Crippen molar-refractivity contribution in [1.82, 2.24) is 0 Å². The molecule has 9 rings (SSSR count). The zero-order valence-corrected chi connectivity index (χ0v) is 37.4. The Morgan fingerprint density at radius 3 is 2.15 bits per heavy atom. The quantitative estimate of drug-likeness (QED) is 0.122. The first kappa shape index (κ1) is 46.0. The van der Waals surface area contributed by atoms with Crippen LogP contribution in [-0.2, 0) is 47.5 Å². The number of hydrogen-bond acceptors (Lipinski definition) is 16. The minimum atomic E-state index is -1.25. The van der Waals surface area contributed by atoms with E-state index in [-0.39, 0.29) is 52.1 Å². The largest absolute Gasteiger partial charge is 0.455 e. The van der Waals surface area contributed by atoms with E-state index in [1.54, 1.807) is 21.0 Å². The van der Waals surface area contributed by atoms with Crippen LogP contribution in [0.3, 0.4) is 0 Å². The second kappa shape index (κ2) is 15.8. The van der Waals surface area contributed by atoms with Gasteiger partial charge in [-0.05, 0) is 116 Å². The predicted molar refractivity (Wildman–Crippen MR) is 213 cm³/mol. The van der Waals surface area contributed by atoms with Crippen molar-refractivity contribution in [2.24, 2.45) is 44.8 Å². The summed E-state index contributed by atoms with van der Waals surface area (Å²) in [7, 11) is 1.62. The van der Waals surface area contributed by atoms with E-state index < -0.39 is 109 Å². The Morgan fingerprint density at radius 1 is 0.836 bits per heavy atom. The normalized spacial score (nSPS) is 51.3. The first-order valence-corrected chi connectivity index (χ1v) is 22.7. The molecule has 9 aliphatic rings. The standard InChI is InChI=1S/C45H72O16/c1-21(47)56-33-25(50)19-55-38(36(33)57-22(2)48)60-29-12-13-45-20-44(45)15-14-42(7)23(10-11-30(54-9)41(5,6)53)24(49)17-43(42,8)28(44)16-26(37(45)40(29,3)4)58-39-35-32(52)34(61-35)31(51)27(18-46)59-39/h23-39,46,49-53H,10-20H2,1-9H3/t23?,24-,25?,26-,27?,28?,29-,30?,31?,32?,33?,34?,35+,36?,37?,38?,39?,42+,43-,44?,45?/m0/s1. The molecule has 4 saturated heterocycles. The number of fused-ring (bicyclic) bond motifs is 5. The van der Waals surface area contributed by atoms with Crippen LogP contribution in [0.1, 0.15) is 113 Å². The minimum Gasteiger partial charge on any atom is -0.455 e. The second-order valence-corrected chi connectivity index (χ2v) is 21.8. The summed E-state index contributed by atoms with van der Waals surface area (Å²) < 4.78 is 49.2. The van der Waals surface area contributed by atoms with Crippen molar-refractivity contribution in [3.8, 4) is 0 Å². The highest BCUT2D eigenvalue weighted by Gasteiger charge is 2.84. The number of carbonyl (C=O) groups excluding carboxylic acids is 2. The van der Waals surface area contributed by atoms with Gasteiger partial charge in [0.15, 0.2) is 24.8 Å². The van der Waals surface area contributed by atoms with E-state index in [0.29, 0.717) is 32.1 Å². The molecular formula is C45H72O16. The van der Waals surface area contributed by atoms with Gasteiger partial charge in [-0.15, -0.1) is 0 Å². The highest BCUT2D eigenvalue weighted by atomic mass is 16.7. The lowest BCUT2D eigenvalue weighted by atomic mass is 9.41. The lowest BCUT2D eigenvalue weighted by Gasteiger charge is -2.65. The lowest BCUT2D eigenvalue weighted by molar-refractivity contribution is -0.332. The summed E-state index contributed by atoms with van der Waals surface area (Å²) in [6.45, 7) is 14.3. The Bertz CT molecular complexity index is 1650. The number of methoxy groups -OCH3 is 1. The second-order valence-electron chi connectivity index (χ2n) is 21.8. The molecule has 4 aliphatic heterocycles. The topological polar surface area (TPSA) is 229 Å². The fourth-order valence-electron chi connectivity index (χ4n) is 15.1. The molecule has 0 aromatic heterocycles. The smallest absolute Gasteiger partial charge is 0.303 e. The SMILES string of the molecule is COC(CCC1[C@@H](O)C[C@@]2(C)C3C[C@H](OC4OC(CO)C(O)C5O[C@@H]4C5O)C4C(C)(C)[C@@H](OC5OCC(O)C(OC(C)=O)C5OC(C)=O)CCC45CC35CC[C@]12C)C(C)(C)O. The third kappa shape index (κ3) is 7.06. The van der Waals surface area contributed by atoms with Gasteiger partial charge < -0.3 is 68.5 Å². The van der Waals surface area contributed by atoms with Gasteiger partial charge in [-0.3, -0.25) is 9.59 Å². The fourth-order valence-corrected chi connectivity index (χ4v) is 15.1. The Kier molecular flexibility index (Phi) is 11.9. The molecule has 348 valence electrons. The minimum absolute atomic E-state index is 0.00958. The average molecular weight is 869 g/mol.